The van der Waals surface area contributed by atoms with Crippen LogP contribution in [-0.4, -0.2) is 58.9 Å². The number of fused-ring (bicyclic) bond motifs is 2. The van der Waals surface area contributed by atoms with E-state index in [1.54, 1.807) is 0 Å². The molecule has 1 fully saturated rings. The summed E-state index contributed by atoms with van der Waals surface area (Å²) < 4.78 is 31.1. The maximum Gasteiger partial charge on any atom is 0.384 e. The van der Waals surface area contributed by atoms with Crippen LogP contribution >= 0.6 is 0 Å². The Labute approximate surface area is 258 Å². The SMILES string of the molecule is C=C1CC(C)CC2CC=CC(C(C)C)(O2)C(C(C)C)(C(C)C)C#CC(=O)OC(C2COC(C)(C)O2)CC=CC(O[SiH3])C1. The van der Waals surface area contributed by atoms with E-state index >= 15 is 0 Å². The van der Waals surface area contributed by atoms with Gasteiger partial charge in [0.1, 0.15) is 28.3 Å². The second-order valence-corrected chi connectivity index (χ2v) is 14.5. The van der Waals surface area contributed by atoms with Gasteiger partial charge in [-0.05, 0) is 63.2 Å². The molecule has 0 aromatic rings. The molecule has 0 aliphatic carbocycles. The predicted molar refractivity (Wildman–Crippen MR) is 172 cm³/mol. The third-order valence-electron chi connectivity index (χ3n) is 9.34. The first-order chi connectivity index (χ1) is 19.7. The van der Waals surface area contributed by atoms with Crippen molar-refractivity contribution in [2.24, 2.45) is 29.1 Å². The van der Waals surface area contributed by atoms with Crippen molar-refractivity contribution in [3.8, 4) is 11.8 Å². The second kappa shape index (κ2) is 14.4. The van der Waals surface area contributed by atoms with Crippen LogP contribution in [-0.2, 0) is 28.2 Å². The molecule has 236 valence electrons. The summed E-state index contributed by atoms with van der Waals surface area (Å²) in [4.78, 5) is 13.5. The molecule has 6 atom stereocenters. The first-order valence-corrected chi connectivity index (χ1v) is 16.7. The van der Waals surface area contributed by atoms with Crippen molar-refractivity contribution < 1.29 is 28.2 Å². The van der Waals surface area contributed by atoms with Crippen molar-refractivity contribution >= 4 is 16.5 Å². The van der Waals surface area contributed by atoms with Crippen LogP contribution < -0.4 is 0 Å². The van der Waals surface area contributed by atoms with E-state index in [9.17, 15) is 4.79 Å². The molecule has 6 nitrogen and oxygen atoms in total. The van der Waals surface area contributed by atoms with Crippen LogP contribution in [0.1, 0.15) is 94.4 Å². The van der Waals surface area contributed by atoms with Crippen molar-refractivity contribution in [2.75, 3.05) is 6.61 Å². The van der Waals surface area contributed by atoms with Crippen LogP contribution in [0.2, 0.25) is 0 Å². The number of hydrogen-bond acceptors (Lipinski definition) is 6. The summed E-state index contributed by atoms with van der Waals surface area (Å²) in [7, 11) is 0.619. The molecular weight excluding hydrogens is 544 g/mol. The minimum atomic E-state index is -0.733. The average molecular weight is 601 g/mol. The predicted octanol–water partition coefficient (Wildman–Crippen LogP) is 6.08. The summed E-state index contributed by atoms with van der Waals surface area (Å²) in [5.74, 6) is 5.96. The van der Waals surface area contributed by atoms with Gasteiger partial charge in [-0.3, -0.25) is 0 Å². The van der Waals surface area contributed by atoms with E-state index < -0.39 is 28.9 Å². The van der Waals surface area contributed by atoms with E-state index in [-0.39, 0.29) is 36.1 Å². The number of carbonyl (C=O) groups is 1. The summed E-state index contributed by atoms with van der Waals surface area (Å²) in [6.45, 7) is 24.0. The monoisotopic (exact) mass is 600 g/mol. The molecule has 3 rings (SSSR count). The smallest absolute Gasteiger partial charge is 0.384 e. The van der Waals surface area contributed by atoms with Gasteiger partial charge in [-0.2, -0.15) is 0 Å². The highest BCUT2D eigenvalue weighted by atomic mass is 28.2. The number of rotatable bonds is 5. The Morgan fingerprint density at radius 2 is 1.69 bits per heavy atom. The van der Waals surface area contributed by atoms with Gasteiger partial charge < -0.3 is 23.4 Å². The number of esters is 1. The summed E-state index contributed by atoms with van der Waals surface area (Å²) >= 11 is 0. The molecule has 3 aliphatic heterocycles. The van der Waals surface area contributed by atoms with Gasteiger partial charge >= 0.3 is 5.97 Å². The molecule has 0 saturated carbocycles. The molecule has 0 aromatic heterocycles. The van der Waals surface area contributed by atoms with E-state index in [0.717, 1.165) is 25.7 Å². The zero-order chi connectivity index (χ0) is 31.3. The van der Waals surface area contributed by atoms with Crippen molar-refractivity contribution in [3.63, 3.8) is 0 Å². The molecule has 0 aromatic carbocycles. The van der Waals surface area contributed by atoms with Crippen LogP contribution in [0, 0.1) is 40.9 Å². The third-order valence-corrected chi connectivity index (χ3v) is 9.95. The van der Waals surface area contributed by atoms with Gasteiger partial charge in [-0.1, -0.05) is 90.8 Å². The lowest BCUT2D eigenvalue weighted by atomic mass is 9.55. The highest BCUT2D eigenvalue weighted by Gasteiger charge is 2.57. The topological polar surface area (TPSA) is 63.2 Å². The fourth-order valence-electron chi connectivity index (χ4n) is 7.38. The van der Waals surface area contributed by atoms with E-state index in [4.69, 9.17) is 23.4 Å². The molecule has 1 saturated heterocycles. The zero-order valence-electron chi connectivity index (χ0n) is 27.8. The molecular formula is C35H56O6Si. The largest absolute Gasteiger partial charge is 0.450 e. The lowest BCUT2D eigenvalue weighted by molar-refractivity contribution is -0.180. The fraction of sp³-hybridized carbons (Fsp3) is 0.743. The Morgan fingerprint density at radius 3 is 2.26 bits per heavy atom. The molecule has 0 amide bonds. The zero-order valence-corrected chi connectivity index (χ0v) is 29.8. The maximum atomic E-state index is 13.5. The quantitative estimate of drug-likeness (QED) is 0.125. The van der Waals surface area contributed by atoms with Crippen LogP contribution in [0.25, 0.3) is 0 Å². The molecule has 0 spiro atoms. The van der Waals surface area contributed by atoms with E-state index in [2.05, 4.69) is 85.1 Å². The van der Waals surface area contributed by atoms with Crippen LogP contribution in [0.4, 0.5) is 0 Å². The lowest BCUT2D eigenvalue weighted by Crippen LogP contribution is -2.60. The normalized spacial score (nSPS) is 34.2. The number of ether oxygens (including phenoxy) is 4. The van der Waals surface area contributed by atoms with E-state index in [0.29, 0.717) is 29.4 Å². The fourth-order valence-corrected chi connectivity index (χ4v) is 7.71. The van der Waals surface area contributed by atoms with Crippen LogP contribution in [0.15, 0.2) is 36.5 Å². The van der Waals surface area contributed by atoms with Crippen molar-refractivity contribution in [3.05, 3.63) is 36.5 Å². The second-order valence-electron chi connectivity index (χ2n) is 14.0. The Morgan fingerprint density at radius 1 is 1.00 bits per heavy atom. The minimum Gasteiger partial charge on any atom is -0.450 e. The lowest BCUT2D eigenvalue weighted by Gasteiger charge is -2.56. The summed E-state index contributed by atoms with van der Waals surface area (Å²) in [6, 6.07) is 0. The Kier molecular flexibility index (Phi) is 11.9. The molecule has 3 heterocycles. The van der Waals surface area contributed by atoms with Gasteiger partial charge in [-0.15, -0.1) is 0 Å². The van der Waals surface area contributed by atoms with Gasteiger partial charge in [-0.25, -0.2) is 4.79 Å². The first kappa shape index (κ1) is 34.8. The van der Waals surface area contributed by atoms with Gasteiger partial charge in [0.2, 0.25) is 0 Å². The first-order valence-electron chi connectivity index (χ1n) is 15.9. The number of cyclic esters (lactones) is 1. The summed E-state index contributed by atoms with van der Waals surface area (Å²) in [5.41, 5.74) is -0.0980. The van der Waals surface area contributed by atoms with Crippen LogP contribution in [0.5, 0.6) is 0 Å². The number of carbonyl (C=O) groups excluding carboxylic acids is 1. The van der Waals surface area contributed by atoms with E-state index in [1.165, 1.54) is 5.57 Å². The highest BCUT2D eigenvalue weighted by Crippen LogP contribution is 2.54. The summed E-state index contributed by atoms with van der Waals surface area (Å²) in [5, 5.41) is 0. The standard InChI is InChI=1S/C35H56O6Si/c1-23(2)34(24(3)4)18-16-32(36)38-30(31-22-37-33(9,10)40-31)15-11-13-29(41-42)21-27(8)19-26(7)20-28-14-12-17-35(34,39-28)25(5)6/h11-13,17,23-26,28-31H,8,14-15,19-22H2,1-7,9-10,42H3. The molecule has 2 bridgehead atoms. The molecule has 6 unspecified atom stereocenters. The van der Waals surface area contributed by atoms with Crippen LogP contribution in [0.3, 0.4) is 0 Å². The summed E-state index contributed by atoms with van der Waals surface area (Å²) in [6.07, 6.45) is 11.7. The Hall–Kier alpha value is -1.69. The molecule has 0 radical (unpaired) electrons. The van der Waals surface area contributed by atoms with Gasteiger partial charge in [0, 0.05) is 12.3 Å². The number of hydrogen-bond donors (Lipinski definition) is 0. The Bertz CT molecular complexity index is 1060. The maximum absolute atomic E-state index is 13.5. The van der Waals surface area contributed by atoms with Crippen molar-refractivity contribution in [2.45, 2.75) is 130 Å². The molecule has 42 heavy (non-hydrogen) atoms. The molecule has 0 N–H and O–H groups in total. The van der Waals surface area contributed by atoms with Crippen molar-refractivity contribution in [1.29, 1.82) is 0 Å². The molecule has 7 heteroatoms. The van der Waals surface area contributed by atoms with Gasteiger partial charge in [0.25, 0.3) is 0 Å². The minimum absolute atomic E-state index is 0.0521. The highest BCUT2D eigenvalue weighted by molar-refractivity contribution is 5.98. The van der Waals surface area contributed by atoms with E-state index in [1.807, 2.05) is 19.9 Å². The van der Waals surface area contributed by atoms with Crippen molar-refractivity contribution in [1.82, 2.24) is 0 Å². The average Bonchev–Trinajstić information content (AvgIpc) is 3.26. The Balaban J connectivity index is 2.10. The van der Waals surface area contributed by atoms with Gasteiger partial charge in [0.05, 0.1) is 24.2 Å². The third kappa shape index (κ3) is 7.87. The van der Waals surface area contributed by atoms with Gasteiger partial charge in [0.15, 0.2) is 5.79 Å². The molecule has 3 aliphatic rings.